The van der Waals surface area contributed by atoms with Crippen LogP contribution in [0.3, 0.4) is 0 Å². The summed E-state index contributed by atoms with van der Waals surface area (Å²) in [5.41, 5.74) is 6.26. The third-order valence-electron chi connectivity index (χ3n) is 1.85. The molecule has 0 saturated carbocycles. The minimum atomic E-state index is 0.158. The van der Waals surface area contributed by atoms with Crippen LogP contribution in [-0.2, 0) is 9.57 Å². The number of amidine groups is 1. The van der Waals surface area contributed by atoms with E-state index in [1.54, 1.807) is 11.8 Å². The maximum absolute atomic E-state index is 7.24. The van der Waals surface area contributed by atoms with Crippen LogP contribution < -0.4 is 11.6 Å². The molecule has 0 bridgehead atoms. The Bertz CT molecular complexity index is 233. The summed E-state index contributed by atoms with van der Waals surface area (Å²) >= 11 is 1.66. The maximum Gasteiger partial charge on any atom is 0.119 e. The highest BCUT2D eigenvalue weighted by Crippen LogP contribution is 2.29. The van der Waals surface area contributed by atoms with Crippen LogP contribution in [0.25, 0.3) is 0 Å². The molecule has 0 aromatic heterocycles. The first-order valence-corrected chi connectivity index (χ1v) is 5.26. The zero-order valence-electron chi connectivity index (χ0n) is 7.86. The van der Waals surface area contributed by atoms with Gasteiger partial charge in [-0.3, -0.25) is 5.41 Å². The van der Waals surface area contributed by atoms with Gasteiger partial charge in [0, 0.05) is 10.8 Å². The summed E-state index contributed by atoms with van der Waals surface area (Å²) in [5.74, 6) is 5.00. The number of nitrogens with two attached hydrogens (primary N) is 2. The zero-order chi connectivity index (χ0) is 10.4. The Kier molecular flexibility index (Phi) is 4.95. The van der Waals surface area contributed by atoms with E-state index < -0.39 is 0 Å². The fraction of sp³-hybridized carbons (Fsp3) is 0.625. The number of thioether (sulfide) groups is 1. The Hall–Kier alpha value is -0.560. The first-order chi connectivity index (χ1) is 6.74. The average molecular weight is 217 g/mol. The van der Waals surface area contributed by atoms with Gasteiger partial charge in [-0.05, 0) is 11.8 Å². The van der Waals surface area contributed by atoms with Gasteiger partial charge in [0.25, 0.3) is 0 Å². The summed E-state index contributed by atoms with van der Waals surface area (Å²) in [6, 6.07) is 0. The number of rotatable bonds is 6. The molecule has 0 amide bonds. The third-order valence-corrected chi connectivity index (χ3v) is 2.95. The van der Waals surface area contributed by atoms with E-state index in [0.717, 1.165) is 12.0 Å². The van der Waals surface area contributed by atoms with E-state index in [0.29, 0.717) is 25.1 Å². The van der Waals surface area contributed by atoms with Crippen molar-refractivity contribution in [3.05, 3.63) is 11.0 Å². The molecular weight excluding hydrogens is 202 g/mol. The van der Waals surface area contributed by atoms with Gasteiger partial charge in [0.2, 0.25) is 0 Å². The Labute approximate surface area is 87.3 Å². The largest absolute Gasteiger partial charge is 0.384 e. The molecule has 1 aliphatic heterocycles. The molecule has 0 aromatic rings. The zero-order valence-corrected chi connectivity index (χ0v) is 8.68. The second-order valence-electron chi connectivity index (χ2n) is 2.96. The van der Waals surface area contributed by atoms with Gasteiger partial charge in [0.1, 0.15) is 5.84 Å². The van der Waals surface area contributed by atoms with Crippen molar-refractivity contribution in [3.63, 3.8) is 0 Å². The summed E-state index contributed by atoms with van der Waals surface area (Å²) in [4.78, 5) is 4.37. The van der Waals surface area contributed by atoms with Crippen molar-refractivity contribution in [2.45, 2.75) is 11.7 Å². The number of hydrogen-bond donors (Lipinski definition) is 3. The van der Waals surface area contributed by atoms with E-state index in [-0.39, 0.29) is 5.84 Å². The highest BCUT2D eigenvalue weighted by molar-refractivity contribution is 8.03. The Morgan fingerprint density at radius 3 is 3.00 bits per heavy atom. The van der Waals surface area contributed by atoms with Crippen molar-refractivity contribution >= 4 is 17.6 Å². The molecule has 0 aromatic carbocycles. The molecule has 0 aliphatic carbocycles. The van der Waals surface area contributed by atoms with Gasteiger partial charge in [-0.1, -0.05) is 0 Å². The molecule has 0 radical (unpaired) electrons. The highest BCUT2D eigenvalue weighted by atomic mass is 32.2. The van der Waals surface area contributed by atoms with Crippen LogP contribution in [-0.4, -0.2) is 30.9 Å². The molecule has 14 heavy (non-hydrogen) atoms. The van der Waals surface area contributed by atoms with Gasteiger partial charge in [0.15, 0.2) is 0 Å². The van der Waals surface area contributed by atoms with Gasteiger partial charge < -0.3 is 15.3 Å². The quantitative estimate of drug-likeness (QED) is 0.256. The molecule has 1 rings (SSSR count). The fourth-order valence-electron chi connectivity index (χ4n) is 1.11. The SMILES string of the molecule is N=C(N)C1=CSC(COCCON)C1. The Morgan fingerprint density at radius 2 is 2.43 bits per heavy atom. The topological polar surface area (TPSA) is 94.4 Å². The van der Waals surface area contributed by atoms with E-state index in [2.05, 4.69) is 4.84 Å². The molecule has 1 heterocycles. The predicted molar refractivity (Wildman–Crippen MR) is 57.0 cm³/mol. The van der Waals surface area contributed by atoms with Crippen LogP contribution in [0.2, 0.25) is 0 Å². The average Bonchev–Trinajstić information content (AvgIpc) is 2.61. The minimum absolute atomic E-state index is 0.158. The molecule has 1 unspecified atom stereocenters. The van der Waals surface area contributed by atoms with Crippen molar-refractivity contribution < 1.29 is 9.57 Å². The summed E-state index contributed by atoms with van der Waals surface area (Å²) in [6.45, 7) is 1.55. The number of ether oxygens (including phenoxy) is 1. The number of nitrogens with one attached hydrogen (secondary N) is 1. The molecule has 1 atom stereocenters. The second-order valence-corrected chi connectivity index (χ2v) is 4.14. The van der Waals surface area contributed by atoms with Crippen molar-refractivity contribution in [1.29, 1.82) is 5.41 Å². The second kappa shape index (κ2) is 6.02. The molecule has 1 aliphatic rings. The molecule has 80 valence electrons. The third kappa shape index (κ3) is 3.67. The number of hydrogen-bond acceptors (Lipinski definition) is 5. The fourth-order valence-corrected chi connectivity index (χ4v) is 2.14. The molecule has 0 spiro atoms. The van der Waals surface area contributed by atoms with Crippen LogP contribution in [0.15, 0.2) is 11.0 Å². The van der Waals surface area contributed by atoms with Crippen LogP contribution in [0.5, 0.6) is 0 Å². The van der Waals surface area contributed by atoms with E-state index in [4.69, 9.17) is 21.8 Å². The van der Waals surface area contributed by atoms with Crippen molar-refractivity contribution in [2.24, 2.45) is 11.6 Å². The Morgan fingerprint density at radius 1 is 1.64 bits per heavy atom. The lowest BCUT2D eigenvalue weighted by Gasteiger charge is -2.09. The van der Waals surface area contributed by atoms with Crippen LogP contribution in [0, 0.1) is 5.41 Å². The molecular formula is C8H15N3O2S. The van der Waals surface area contributed by atoms with Crippen LogP contribution >= 0.6 is 11.8 Å². The van der Waals surface area contributed by atoms with Gasteiger partial charge in [0.05, 0.1) is 19.8 Å². The monoisotopic (exact) mass is 217 g/mol. The van der Waals surface area contributed by atoms with E-state index in [1.807, 2.05) is 5.41 Å². The smallest absolute Gasteiger partial charge is 0.119 e. The predicted octanol–water partition coefficient (Wildman–Crippen LogP) is 0.219. The van der Waals surface area contributed by atoms with E-state index >= 15 is 0 Å². The lowest BCUT2D eigenvalue weighted by Crippen LogP contribution is -2.17. The molecule has 6 heteroatoms. The summed E-state index contributed by atoms with van der Waals surface area (Å²) in [7, 11) is 0. The molecule has 5 N–H and O–H groups in total. The maximum atomic E-state index is 7.24. The van der Waals surface area contributed by atoms with Crippen molar-refractivity contribution in [1.82, 2.24) is 0 Å². The lowest BCUT2D eigenvalue weighted by molar-refractivity contribution is 0.0486. The molecule has 5 nitrogen and oxygen atoms in total. The van der Waals surface area contributed by atoms with E-state index in [1.165, 1.54) is 0 Å². The minimum Gasteiger partial charge on any atom is -0.384 e. The summed E-state index contributed by atoms with van der Waals surface area (Å²) in [6.07, 6.45) is 0.809. The lowest BCUT2D eigenvalue weighted by atomic mass is 10.1. The Balaban J connectivity index is 2.10. The van der Waals surface area contributed by atoms with E-state index in [9.17, 15) is 0 Å². The summed E-state index contributed by atoms with van der Waals surface area (Å²) < 4.78 is 5.32. The van der Waals surface area contributed by atoms with Crippen molar-refractivity contribution in [2.75, 3.05) is 19.8 Å². The molecule has 0 fully saturated rings. The van der Waals surface area contributed by atoms with Gasteiger partial charge >= 0.3 is 0 Å². The first-order valence-electron chi connectivity index (χ1n) is 4.32. The first kappa shape index (κ1) is 11.5. The molecule has 0 saturated heterocycles. The normalized spacial score (nSPS) is 20.9. The van der Waals surface area contributed by atoms with Gasteiger partial charge in [-0.15, -0.1) is 11.8 Å². The standard InChI is InChI=1S/C8H15N3O2S/c9-8(10)6-3-7(14-5-6)4-12-1-2-13-11/h5,7H,1-4,11H2,(H3,9,10). The van der Waals surface area contributed by atoms with Crippen LogP contribution in [0.1, 0.15) is 6.42 Å². The summed E-state index contributed by atoms with van der Waals surface area (Å²) in [5, 5.41) is 9.54. The van der Waals surface area contributed by atoms with Gasteiger partial charge in [-0.2, -0.15) is 0 Å². The van der Waals surface area contributed by atoms with Crippen molar-refractivity contribution in [3.8, 4) is 0 Å². The van der Waals surface area contributed by atoms with Crippen LogP contribution in [0.4, 0.5) is 0 Å². The van der Waals surface area contributed by atoms with Gasteiger partial charge in [-0.25, -0.2) is 5.90 Å². The highest BCUT2D eigenvalue weighted by Gasteiger charge is 2.19.